The summed E-state index contributed by atoms with van der Waals surface area (Å²) in [5, 5.41) is 3.93. The molecule has 0 radical (unpaired) electrons. The van der Waals surface area contributed by atoms with Crippen LogP contribution in [-0.2, 0) is 17.9 Å². The third kappa shape index (κ3) is 3.30. The van der Waals surface area contributed by atoms with Gasteiger partial charge >= 0.3 is 0 Å². The maximum absolute atomic E-state index is 13.7. The summed E-state index contributed by atoms with van der Waals surface area (Å²) in [6, 6.07) is 10.5. The molecule has 1 aliphatic heterocycles. The van der Waals surface area contributed by atoms with E-state index in [2.05, 4.69) is 15.1 Å². The molecule has 4 aromatic rings. The lowest BCUT2D eigenvalue weighted by Gasteiger charge is -2.25. The molecule has 0 spiro atoms. The Morgan fingerprint density at radius 2 is 1.93 bits per heavy atom. The van der Waals surface area contributed by atoms with Gasteiger partial charge in [-0.2, -0.15) is 4.98 Å². The van der Waals surface area contributed by atoms with Crippen LogP contribution in [0.15, 0.2) is 53.3 Å². The van der Waals surface area contributed by atoms with E-state index >= 15 is 0 Å². The van der Waals surface area contributed by atoms with Crippen molar-refractivity contribution in [1.29, 1.82) is 0 Å². The van der Waals surface area contributed by atoms with Crippen LogP contribution in [0.1, 0.15) is 17.4 Å². The Balaban J connectivity index is 1.41. The van der Waals surface area contributed by atoms with E-state index in [-0.39, 0.29) is 35.3 Å². The van der Waals surface area contributed by atoms with Crippen LogP contribution in [0.2, 0.25) is 5.02 Å². The fourth-order valence-corrected chi connectivity index (χ4v) is 3.37. The van der Waals surface area contributed by atoms with Crippen molar-refractivity contribution in [3.63, 3.8) is 0 Å². The molecule has 0 N–H and O–H groups in total. The third-order valence-corrected chi connectivity index (χ3v) is 5.08. The maximum Gasteiger partial charge on any atom is 0.278 e. The number of fused-ring (bicyclic) bond motifs is 1. The van der Waals surface area contributed by atoms with Crippen molar-refractivity contribution in [3.05, 3.63) is 76.7 Å². The van der Waals surface area contributed by atoms with Gasteiger partial charge in [0.15, 0.2) is 5.69 Å². The molecule has 3 heterocycles. The molecule has 0 unspecified atom stereocenters. The average Bonchev–Trinajstić information content (AvgIpc) is 3.37. The highest BCUT2D eigenvalue weighted by atomic mass is 35.5. The lowest BCUT2D eigenvalue weighted by Crippen LogP contribution is -2.20. The summed E-state index contributed by atoms with van der Waals surface area (Å²) in [4.78, 5) is 8.71. The van der Waals surface area contributed by atoms with Crippen LogP contribution < -0.4 is 0 Å². The normalized spacial score (nSPS) is 16.0. The molecule has 2 aromatic carbocycles. The molecule has 146 valence electrons. The van der Waals surface area contributed by atoms with Gasteiger partial charge in [0.25, 0.3) is 5.89 Å². The highest BCUT2D eigenvalue weighted by molar-refractivity contribution is 6.30. The van der Waals surface area contributed by atoms with Crippen molar-refractivity contribution in [2.45, 2.75) is 19.3 Å². The smallest absolute Gasteiger partial charge is 0.278 e. The molecule has 0 amide bonds. The summed E-state index contributed by atoms with van der Waals surface area (Å²) in [6.07, 6.45) is 1.47. The van der Waals surface area contributed by atoms with E-state index in [4.69, 9.17) is 20.9 Å². The predicted molar refractivity (Wildman–Crippen MR) is 99.9 cm³/mol. The molecule has 0 fully saturated rings. The van der Waals surface area contributed by atoms with Gasteiger partial charge in [-0.15, -0.1) is 0 Å². The zero-order valence-electron chi connectivity index (χ0n) is 14.8. The number of rotatable bonds is 3. The molecular formula is C20H13ClF2N4O2. The van der Waals surface area contributed by atoms with Crippen molar-refractivity contribution in [3.8, 4) is 23.0 Å². The predicted octanol–water partition coefficient (Wildman–Crippen LogP) is 4.80. The van der Waals surface area contributed by atoms with E-state index in [1.807, 2.05) is 4.57 Å². The van der Waals surface area contributed by atoms with Crippen molar-refractivity contribution >= 4 is 11.6 Å². The fourth-order valence-electron chi connectivity index (χ4n) is 3.26. The van der Waals surface area contributed by atoms with Gasteiger partial charge < -0.3 is 13.8 Å². The molecule has 1 aliphatic rings. The first kappa shape index (κ1) is 18.0. The van der Waals surface area contributed by atoms with Gasteiger partial charge in [-0.25, -0.2) is 13.8 Å². The number of aromatic nitrogens is 4. The van der Waals surface area contributed by atoms with E-state index in [1.165, 1.54) is 24.3 Å². The first-order valence-corrected chi connectivity index (χ1v) is 9.17. The topological polar surface area (TPSA) is 66.0 Å². The Morgan fingerprint density at radius 1 is 1.10 bits per heavy atom. The van der Waals surface area contributed by atoms with Gasteiger partial charge in [-0.1, -0.05) is 28.9 Å². The van der Waals surface area contributed by atoms with E-state index in [0.29, 0.717) is 17.8 Å². The zero-order valence-corrected chi connectivity index (χ0v) is 15.6. The fraction of sp³-hybridized carbons (Fsp3) is 0.150. The van der Waals surface area contributed by atoms with Gasteiger partial charge in [0.05, 0.1) is 30.2 Å². The maximum atomic E-state index is 13.7. The Bertz CT molecular complexity index is 1190. The molecule has 0 bridgehead atoms. The lowest BCUT2D eigenvalue weighted by molar-refractivity contribution is 0.00326. The van der Waals surface area contributed by atoms with Crippen LogP contribution in [0.4, 0.5) is 8.78 Å². The van der Waals surface area contributed by atoms with Crippen molar-refractivity contribution in [2.24, 2.45) is 0 Å². The van der Waals surface area contributed by atoms with Crippen LogP contribution in [0.25, 0.3) is 23.0 Å². The van der Waals surface area contributed by atoms with Crippen molar-refractivity contribution in [2.75, 3.05) is 0 Å². The van der Waals surface area contributed by atoms with Crippen LogP contribution >= 0.6 is 11.6 Å². The van der Waals surface area contributed by atoms with E-state index in [0.717, 1.165) is 11.3 Å². The molecule has 29 heavy (non-hydrogen) atoms. The zero-order chi connectivity index (χ0) is 20.0. The molecule has 2 aromatic heterocycles. The minimum Gasteiger partial charge on any atom is -0.365 e. The van der Waals surface area contributed by atoms with E-state index < -0.39 is 5.82 Å². The van der Waals surface area contributed by atoms with Gasteiger partial charge in [0.1, 0.15) is 17.7 Å². The molecule has 0 saturated heterocycles. The monoisotopic (exact) mass is 414 g/mol. The number of nitrogens with zero attached hydrogens (tertiary/aromatic N) is 4. The van der Waals surface area contributed by atoms with E-state index in [1.54, 1.807) is 24.5 Å². The molecule has 5 rings (SSSR count). The van der Waals surface area contributed by atoms with Crippen LogP contribution in [0.3, 0.4) is 0 Å². The minimum absolute atomic E-state index is 0.0218. The molecule has 0 saturated carbocycles. The molecule has 1 atom stereocenters. The van der Waals surface area contributed by atoms with Crippen molar-refractivity contribution in [1.82, 2.24) is 19.7 Å². The Labute approximate surface area is 168 Å². The summed E-state index contributed by atoms with van der Waals surface area (Å²) in [6.45, 7) is 0.808. The highest BCUT2D eigenvalue weighted by Gasteiger charge is 2.26. The van der Waals surface area contributed by atoms with E-state index in [9.17, 15) is 8.78 Å². The van der Waals surface area contributed by atoms with Gasteiger partial charge in [-0.3, -0.25) is 0 Å². The second kappa shape index (κ2) is 7.06. The summed E-state index contributed by atoms with van der Waals surface area (Å²) in [5.74, 6) is -0.399. The first-order chi connectivity index (χ1) is 14.1. The van der Waals surface area contributed by atoms with Crippen molar-refractivity contribution < 1.29 is 18.0 Å². The summed E-state index contributed by atoms with van der Waals surface area (Å²) in [5.41, 5.74) is 2.64. The Kier molecular flexibility index (Phi) is 4.37. The Hall–Kier alpha value is -3.10. The lowest BCUT2D eigenvalue weighted by atomic mass is 10.1. The molecule has 9 heteroatoms. The highest BCUT2D eigenvalue weighted by Crippen LogP contribution is 2.32. The summed E-state index contributed by atoms with van der Waals surface area (Å²) in [7, 11) is 0. The quantitative estimate of drug-likeness (QED) is 0.481. The summed E-state index contributed by atoms with van der Waals surface area (Å²) >= 11 is 5.71. The number of halogens is 3. The minimum atomic E-state index is -0.560. The second-order valence-corrected chi connectivity index (χ2v) is 7.00. The Morgan fingerprint density at radius 3 is 2.72 bits per heavy atom. The number of benzene rings is 2. The number of hydrogen-bond donors (Lipinski definition) is 0. The van der Waals surface area contributed by atoms with Gasteiger partial charge in [0, 0.05) is 5.56 Å². The first-order valence-electron chi connectivity index (χ1n) is 8.79. The largest absolute Gasteiger partial charge is 0.365 e. The van der Waals surface area contributed by atoms with Crippen LogP contribution in [0.5, 0.6) is 0 Å². The van der Waals surface area contributed by atoms with Gasteiger partial charge in [0.2, 0.25) is 5.82 Å². The molecule has 6 nitrogen and oxygen atoms in total. The van der Waals surface area contributed by atoms with Gasteiger partial charge in [-0.05, 0) is 35.9 Å². The third-order valence-electron chi connectivity index (χ3n) is 4.78. The number of hydrogen-bond acceptors (Lipinski definition) is 5. The average molecular weight is 415 g/mol. The molecular weight excluding hydrogens is 402 g/mol. The second-order valence-electron chi connectivity index (χ2n) is 6.60. The summed E-state index contributed by atoms with van der Waals surface area (Å²) < 4.78 is 40.1. The number of imidazole rings is 1. The number of ether oxygens (including phenoxy) is 1. The SMILES string of the molecule is Fc1ccc([C@H]2Cn3cnc(-c4nc(-c5ccc(Cl)c(F)c5)no4)c3CO2)cc1. The molecule has 0 aliphatic carbocycles. The van der Waals surface area contributed by atoms with Crippen LogP contribution in [0, 0.1) is 11.6 Å². The standard InChI is InChI=1S/C20H13ClF2N4O2/c21-14-6-3-12(7-15(14)23)19-25-20(29-26-19)18-16-9-28-17(8-27(16)10-24-18)11-1-4-13(22)5-2-11/h1-7,10,17H,8-9H2/t17-/m1/s1. The van der Waals surface area contributed by atoms with Crippen LogP contribution in [-0.4, -0.2) is 19.7 Å².